The number of carbonyl (C=O) groups excluding carboxylic acids is 3. The summed E-state index contributed by atoms with van der Waals surface area (Å²) in [5.41, 5.74) is 0.697. The van der Waals surface area contributed by atoms with Crippen molar-refractivity contribution in [3.05, 3.63) is 23.8 Å². The Balaban J connectivity index is 1.38. The zero-order valence-corrected chi connectivity index (χ0v) is 16.9. The fourth-order valence-electron chi connectivity index (χ4n) is 3.66. The van der Waals surface area contributed by atoms with Crippen molar-refractivity contribution in [2.45, 2.75) is 64.0 Å². The molecule has 1 aliphatic carbocycles. The Labute approximate surface area is 170 Å². The molecular formula is C21H28N2O6. The van der Waals surface area contributed by atoms with Gasteiger partial charge in [0.15, 0.2) is 24.7 Å². The second-order valence-corrected chi connectivity index (χ2v) is 8.09. The second-order valence-electron chi connectivity index (χ2n) is 8.09. The number of hydrogen-bond acceptors (Lipinski definition) is 6. The van der Waals surface area contributed by atoms with Crippen LogP contribution in [0.1, 0.15) is 51.5 Å². The molecule has 1 heterocycles. The van der Waals surface area contributed by atoms with Crippen LogP contribution in [-0.4, -0.2) is 42.8 Å². The van der Waals surface area contributed by atoms with E-state index < -0.39 is 24.5 Å². The van der Waals surface area contributed by atoms with E-state index in [2.05, 4.69) is 10.6 Å². The van der Waals surface area contributed by atoms with Crippen LogP contribution in [0.3, 0.4) is 0 Å². The SMILES string of the molecule is CC1(C)Cc2cccc(OCC(=O)OCC(=O)NC(=O)NC3CCCCC3)c2O1. The van der Waals surface area contributed by atoms with E-state index in [1.807, 2.05) is 26.0 Å². The Morgan fingerprint density at radius 2 is 1.90 bits per heavy atom. The summed E-state index contributed by atoms with van der Waals surface area (Å²) in [6.45, 7) is 3.06. The van der Waals surface area contributed by atoms with Crippen LogP contribution in [0.5, 0.6) is 11.5 Å². The van der Waals surface area contributed by atoms with Crippen LogP contribution >= 0.6 is 0 Å². The minimum atomic E-state index is -0.706. The summed E-state index contributed by atoms with van der Waals surface area (Å²) >= 11 is 0. The first kappa shape index (κ1) is 21.0. The number of urea groups is 1. The van der Waals surface area contributed by atoms with Crippen molar-refractivity contribution in [3.63, 3.8) is 0 Å². The third kappa shape index (κ3) is 6.10. The number of rotatable bonds is 6. The van der Waals surface area contributed by atoms with Gasteiger partial charge in [-0.15, -0.1) is 0 Å². The molecule has 0 unspecified atom stereocenters. The summed E-state index contributed by atoms with van der Waals surface area (Å²) in [4.78, 5) is 35.5. The molecule has 2 N–H and O–H groups in total. The van der Waals surface area contributed by atoms with E-state index >= 15 is 0 Å². The maximum Gasteiger partial charge on any atom is 0.344 e. The smallest absolute Gasteiger partial charge is 0.344 e. The number of benzene rings is 1. The van der Waals surface area contributed by atoms with Crippen LogP contribution in [-0.2, 0) is 20.7 Å². The van der Waals surface area contributed by atoms with Gasteiger partial charge in [-0.2, -0.15) is 0 Å². The minimum absolute atomic E-state index is 0.0901. The van der Waals surface area contributed by atoms with E-state index in [4.69, 9.17) is 14.2 Å². The van der Waals surface area contributed by atoms with Gasteiger partial charge in [0.05, 0.1) is 0 Å². The van der Waals surface area contributed by atoms with Crippen LogP contribution in [0.25, 0.3) is 0 Å². The first-order valence-corrected chi connectivity index (χ1v) is 10.0. The number of imide groups is 1. The van der Waals surface area contributed by atoms with Crippen molar-refractivity contribution in [1.29, 1.82) is 0 Å². The first-order chi connectivity index (χ1) is 13.8. The van der Waals surface area contributed by atoms with Crippen molar-refractivity contribution in [2.75, 3.05) is 13.2 Å². The van der Waals surface area contributed by atoms with E-state index in [1.54, 1.807) is 6.07 Å². The Morgan fingerprint density at radius 3 is 2.66 bits per heavy atom. The monoisotopic (exact) mass is 404 g/mol. The Bertz CT molecular complexity index is 770. The van der Waals surface area contributed by atoms with Crippen LogP contribution < -0.4 is 20.1 Å². The number of ether oxygens (including phenoxy) is 3. The fourth-order valence-corrected chi connectivity index (χ4v) is 3.66. The van der Waals surface area contributed by atoms with E-state index in [9.17, 15) is 14.4 Å². The second kappa shape index (κ2) is 9.15. The van der Waals surface area contributed by atoms with Crippen molar-refractivity contribution in [3.8, 4) is 11.5 Å². The molecule has 8 nitrogen and oxygen atoms in total. The normalized spacial score (nSPS) is 17.6. The fraction of sp³-hybridized carbons (Fsp3) is 0.571. The van der Waals surface area contributed by atoms with Gasteiger partial charge in [0, 0.05) is 18.0 Å². The molecular weight excluding hydrogens is 376 g/mol. The lowest BCUT2D eigenvalue weighted by atomic mass is 9.96. The molecule has 0 saturated heterocycles. The zero-order chi connectivity index (χ0) is 20.9. The summed E-state index contributed by atoms with van der Waals surface area (Å²) in [5, 5.41) is 4.94. The number of nitrogens with one attached hydrogen (secondary N) is 2. The van der Waals surface area contributed by atoms with Gasteiger partial charge in [-0.25, -0.2) is 9.59 Å². The molecule has 1 aromatic rings. The zero-order valence-electron chi connectivity index (χ0n) is 16.9. The molecule has 8 heteroatoms. The average Bonchev–Trinajstić information content (AvgIpc) is 2.99. The van der Waals surface area contributed by atoms with Crippen molar-refractivity contribution in [2.24, 2.45) is 0 Å². The molecule has 3 rings (SSSR count). The molecule has 1 fully saturated rings. The lowest BCUT2D eigenvalue weighted by molar-refractivity contribution is -0.150. The highest BCUT2D eigenvalue weighted by Gasteiger charge is 2.32. The Morgan fingerprint density at radius 1 is 1.14 bits per heavy atom. The molecule has 1 aromatic carbocycles. The Kier molecular flexibility index (Phi) is 6.61. The summed E-state index contributed by atoms with van der Waals surface area (Å²) in [6.07, 6.45) is 5.91. The molecule has 29 heavy (non-hydrogen) atoms. The number of esters is 1. The predicted molar refractivity (Wildman–Crippen MR) is 105 cm³/mol. The van der Waals surface area contributed by atoms with Gasteiger partial charge in [0.1, 0.15) is 5.60 Å². The van der Waals surface area contributed by atoms with E-state index in [0.717, 1.165) is 37.7 Å². The molecule has 0 aromatic heterocycles. The number of fused-ring (bicyclic) bond motifs is 1. The largest absolute Gasteiger partial charge is 0.483 e. The van der Waals surface area contributed by atoms with Crippen molar-refractivity contribution < 1.29 is 28.6 Å². The molecule has 0 spiro atoms. The maximum absolute atomic E-state index is 11.9. The molecule has 158 valence electrons. The lowest BCUT2D eigenvalue weighted by Crippen LogP contribution is -2.46. The highest BCUT2D eigenvalue weighted by Crippen LogP contribution is 2.41. The molecule has 2 aliphatic rings. The number of para-hydroxylation sites is 1. The summed E-state index contributed by atoms with van der Waals surface area (Å²) < 4.78 is 16.3. The standard InChI is InChI=1S/C21H28N2O6/c1-21(2)11-14-7-6-10-16(19(14)29-21)27-13-18(25)28-12-17(24)23-20(26)22-15-8-4-3-5-9-15/h6-7,10,15H,3-5,8-9,11-13H2,1-2H3,(H2,22,23,24,26). The van der Waals surface area contributed by atoms with Crippen LogP contribution in [0, 0.1) is 0 Å². The van der Waals surface area contributed by atoms with Crippen molar-refractivity contribution >= 4 is 17.9 Å². The van der Waals surface area contributed by atoms with Crippen LogP contribution in [0.15, 0.2) is 18.2 Å². The van der Waals surface area contributed by atoms with E-state index in [0.29, 0.717) is 11.5 Å². The highest BCUT2D eigenvalue weighted by atomic mass is 16.6. The average molecular weight is 404 g/mol. The van der Waals surface area contributed by atoms with Gasteiger partial charge < -0.3 is 19.5 Å². The van der Waals surface area contributed by atoms with Gasteiger partial charge in [-0.3, -0.25) is 10.1 Å². The van der Waals surface area contributed by atoms with Crippen molar-refractivity contribution in [1.82, 2.24) is 10.6 Å². The Hall–Kier alpha value is -2.77. The topological polar surface area (TPSA) is 103 Å². The molecule has 0 radical (unpaired) electrons. The van der Waals surface area contributed by atoms with Gasteiger partial charge in [0.2, 0.25) is 0 Å². The van der Waals surface area contributed by atoms with E-state index in [1.165, 1.54) is 6.42 Å². The molecule has 0 atom stereocenters. The van der Waals surface area contributed by atoms with Crippen LogP contribution in [0.2, 0.25) is 0 Å². The molecule has 1 saturated carbocycles. The molecule has 1 aliphatic heterocycles. The molecule has 0 bridgehead atoms. The summed E-state index contributed by atoms with van der Waals surface area (Å²) in [7, 11) is 0. The van der Waals surface area contributed by atoms with E-state index in [-0.39, 0.29) is 18.2 Å². The third-order valence-corrected chi connectivity index (χ3v) is 4.96. The number of amides is 3. The van der Waals surface area contributed by atoms with Crippen LogP contribution in [0.4, 0.5) is 4.79 Å². The summed E-state index contributed by atoms with van der Waals surface area (Å²) in [5.74, 6) is -0.302. The minimum Gasteiger partial charge on any atom is -0.483 e. The van der Waals surface area contributed by atoms with Gasteiger partial charge in [0.25, 0.3) is 5.91 Å². The first-order valence-electron chi connectivity index (χ1n) is 10.0. The highest BCUT2D eigenvalue weighted by molar-refractivity contribution is 5.95. The lowest BCUT2D eigenvalue weighted by Gasteiger charge is -2.22. The number of hydrogen-bond donors (Lipinski definition) is 2. The third-order valence-electron chi connectivity index (χ3n) is 4.96. The molecule has 3 amide bonds. The van der Waals surface area contributed by atoms with Gasteiger partial charge in [-0.1, -0.05) is 31.4 Å². The van der Waals surface area contributed by atoms with Gasteiger partial charge in [-0.05, 0) is 32.8 Å². The maximum atomic E-state index is 11.9. The predicted octanol–water partition coefficient (Wildman–Crippen LogP) is 2.48. The summed E-state index contributed by atoms with van der Waals surface area (Å²) in [6, 6.07) is 5.04. The van der Waals surface area contributed by atoms with Gasteiger partial charge >= 0.3 is 12.0 Å². The quantitative estimate of drug-likeness (QED) is 0.706. The number of carbonyl (C=O) groups is 3.